The summed E-state index contributed by atoms with van der Waals surface area (Å²) in [5.41, 5.74) is 1.25. The van der Waals surface area contributed by atoms with Gasteiger partial charge < -0.3 is 16.0 Å². The first kappa shape index (κ1) is 20.1. The molecule has 1 aliphatic heterocycles. The van der Waals surface area contributed by atoms with Crippen LogP contribution in [-0.4, -0.2) is 30.4 Å². The third-order valence-electron chi connectivity index (χ3n) is 4.95. The van der Waals surface area contributed by atoms with Crippen LogP contribution in [0.1, 0.15) is 41.0 Å². The Hall–Kier alpha value is -2.69. The normalized spacial score (nSPS) is 20.0. The predicted molar refractivity (Wildman–Crippen MR) is 109 cm³/mol. The Morgan fingerprint density at radius 2 is 2.07 bits per heavy atom. The van der Waals surface area contributed by atoms with Gasteiger partial charge in [0.15, 0.2) is 0 Å². The van der Waals surface area contributed by atoms with Gasteiger partial charge in [-0.05, 0) is 49.9 Å². The number of nitriles is 1. The molecule has 1 aromatic heterocycles. The van der Waals surface area contributed by atoms with E-state index >= 15 is 0 Å². The summed E-state index contributed by atoms with van der Waals surface area (Å²) < 4.78 is 0. The first-order valence-electron chi connectivity index (χ1n) is 9.42. The molecule has 3 rings (SSSR count). The van der Waals surface area contributed by atoms with E-state index in [4.69, 9.17) is 5.26 Å². The molecule has 1 fully saturated rings. The van der Waals surface area contributed by atoms with E-state index in [-0.39, 0.29) is 17.9 Å². The lowest BCUT2D eigenvalue weighted by Gasteiger charge is -2.30. The zero-order valence-electron chi connectivity index (χ0n) is 15.8. The highest BCUT2D eigenvalue weighted by Gasteiger charge is 2.29. The molecule has 0 radical (unpaired) electrons. The molecule has 28 heavy (non-hydrogen) atoms. The van der Waals surface area contributed by atoms with Gasteiger partial charge in [0.2, 0.25) is 11.8 Å². The maximum Gasteiger partial charge on any atom is 0.242 e. The van der Waals surface area contributed by atoms with Crippen LogP contribution in [0.4, 0.5) is 0 Å². The summed E-state index contributed by atoms with van der Waals surface area (Å²) in [6.07, 6.45) is 1.71. The molecule has 2 heterocycles. The summed E-state index contributed by atoms with van der Waals surface area (Å²) >= 11 is 1.35. The Morgan fingerprint density at radius 1 is 1.29 bits per heavy atom. The van der Waals surface area contributed by atoms with E-state index in [1.165, 1.54) is 16.9 Å². The summed E-state index contributed by atoms with van der Waals surface area (Å²) in [7, 11) is 0. The van der Waals surface area contributed by atoms with E-state index in [1.807, 2.05) is 24.3 Å². The molecule has 6 nitrogen and oxygen atoms in total. The Balaban J connectivity index is 1.48. The molecule has 1 unspecified atom stereocenters. The van der Waals surface area contributed by atoms with Gasteiger partial charge in [0.1, 0.15) is 17.0 Å². The minimum absolute atomic E-state index is 0.147. The van der Waals surface area contributed by atoms with Crippen molar-refractivity contribution in [2.45, 2.75) is 44.3 Å². The number of thiophene rings is 1. The molecule has 146 valence electrons. The van der Waals surface area contributed by atoms with Crippen LogP contribution in [0.15, 0.2) is 42.5 Å². The third kappa shape index (κ3) is 5.18. The number of piperidine rings is 1. The van der Waals surface area contributed by atoms with Crippen molar-refractivity contribution in [1.82, 2.24) is 16.0 Å². The second-order valence-corrected chi connectivity index (χ2v) is 8.13. The van der Waals surface area contributed by atoms with E-state index < -0.39 is 6.04 Å². The Bertz CT molecular complexity index is 859. The first-order valence-corrected chi connectivity index (χ1v) is 10.2. The summed E-state index contributed by atoms with van der Waals surface area (Å²) in [6.45, 7) is 2.81. The first-order chi connectivity index (χ1) is 13.6. The Labute approximate surface area is 169 Å². The fourth-order valence-electron chi connectivity index (χ4n) is 3.39. The van der Waals surface area contributed by atoms with Gasteiger partial charge in [0.05, 0.1) is 12.6 Å². The molecule has 1 saturated heterocycles. The van der Waals surface area contributed by atoms with Crippen molar-refractivity contribution >= 4 is 23.2 Å². The Morgan fingerprint density at radius 3 is 2.79 bits per heavy atom. The molecule has 1 aliphatic rings. The topological polar surface area (TPSA) is 94.0 Å². The van der Waals surface area contributed by atoms with Crippen LogP contribution in [0.3, 0.4) is 0 Å². The summed E-state index contributed by atoms with van der Waals surface area (Å²) in [6, 6.07) is 14.9. The van der Waals surface area contributed by atoms with Crippen molar-refractivity contribution in [2.75, 3.05) is 6.54 Å². The maximum atomic E-state index is 12.6. The molecular weight excluding hydrogens is 372 g/mol. The number of amides is 2. The van der Waals surface area contributed by atoms with E-state index in [2.05, 4.69) is 34.2 Å². The van der Waals surface area contributed by atoms with E-state index in [0.717, 1.165) is 24.3 Å². The second kappa shape index (κ2) is 9.49. The molecule has 7 heteroatoms. The van der Waals surface area contributed by atoms with Gasteiger partial charge in [-0.25, -0.2) is 0 Å². The van der Waals surface area contributed by atoms with Crippen LogP contribution >= 0.6 is 11.3 Å². The van der Waals surface area contributed by atoms with E-state index in [9.17, 15) is 9.59 Å². The Kier molecular flexibility index (Phi) is 6.80. The monoisotopic (exact) mass is 396 g/mol. The molecule has 0 aliphatic carbocycles. The van der Waals surface area contributed by atoms with Crippen molar-refractivity contribution in [3.63, 3.8) is 0 Å². The summed E-state index contributed by atoms with van der Waals surface area (Å²) in [5, 5.41) is 17.7. The minimum atomic E-state index is -0.623. The van der Waals surface area contributed by atoms with Gasteiger partial charge in [0.25, 0.3) is 0 Å². The van der Waals surface area contributed by atoms with Crippen molar-refractivity contribution < 1.29 is 9.59 Å². The van der Waals surface area contributed by atoms with Crippen LogP contribution in [0.5, 0.6) is 0 Å². The smallest absolute Gasteiger partial charge is 0.242 e. The highest BCUT2D eigenvalue weighted by Crippen LogP contribution is 2.27. The molecule has 0 bridgehead atoms. The van der Waals surface area contributed by atoms with Crippen LogP contribution in [0.25, 0.3) is 0 Å². The highest BCUT2D eigenvalue weighted by molar-refractivity contribution is 7.12. The number of benzene rings is 1. The lowest BCUT2D eigenvalue weighted by molar-refractivity contribution is -0.130. The predicted octanol–water partition coefficient (Wildman–Crippen LogP) is 2.28. The average Bonchev–Trinajstić information content (AvgIpc) is 3.20. The van der Waals surface area contributed by atoms with Gasteiger partial charge in [-0.3, -0.25) is 9.59 Å². The number of hydrogen-bond donors (Lipinski definition) is 3. The van der Waals surface area contributed by atoms with E-state index in [0.29, 0.717) is 17.3 Å². The maximum absolute atomic E-state index is 12.6. The quantitative estimate of drug-likeness (QED) is 0.698. The molecule has 1 aromatic carbocycles. The van der Waals surface area contributed by atoms with Crippen molar-refractivity contribution in [1.29, 1.82) is 5.26 Å². The van der Waals surface area contributed by atoms with Crippen molar-refractivity contribution in [3.8, 4) is 6.07 Å². The largest absolute Gasteiger partial charge is 0.349 e. The third-order valence-corrected chi connectivity index (χ3v) is 5.94. The molecule has 0 spiro atoms. The molecule has 3 atom stereocenters. The lowest BCUT2D eigenvalue weighted by atomic mass is 9.86. The number of carbonyl (C=O) groups is 2. The molecule has 3 N–H and O–H groups in total. The second-order valence-electron chi connectivity index (χ2n) is 6.96. The van der Waals surface area contributed by atoms with Gasteiger partial charge >= 0.3 is 0 Å². The SMILES string of the molecule is CC(NC(=O)[C@H]1C[C@@H](c2ccccc2)CCN1)C(=O)NCc1ccc(C#N)s1. The van der Waals surface area contributed by atoms with E-state index in [1.54, 1.807) is 13.0 Å². The number of nitrogens with zero attached hydrogens (tertiary/aromatic N) is 1. The fraction of sp³-hybridized carbons (Fsp3) is 0.381. The average molecular weight is 397 g/mol. The number of hydrogen-bond acceptors (Lipinski definition) is 5. The zero-order valence-corrected chi connectivity index (χ0v) is 16.6. The molecule has 0 saturated carbocycles. The highest BCUT2D eigenvalue weighted by atomic mass is 32.1. The van der Waals surface area contributed by atoms with Crippen LogP contribution in [-0.2, 0) is 16.1 Å². The van der Waals surface area contributed by atoms with Crippen molar-refractivity contribution in [2.24, 2.45) is 0 Å². The zero-order chi connectivity index (χ0) is 19.9. The van der Waals surface area contributed by atoms with Gasteiger partial charge in [-0.2, -0.15) is 5.26 Å². The standard InChI is InChI=1S/C21H24N4O2S/c1-14(20(26)24-13-18-8-7-17(12-22)28-18)25-21(27)19-11-16(9-10-23-19)15-5-3-2-4-6-15/h2-8,14,16,19,23H,9-11,13H2,1H3,(H,24,26)(H,25,27)/t14?,16-,19+/m0/s1. The van der Waals surface area contributed by atoms with Crippen LogP contribution < -0.4 is 16.0 Å². The van der Waals surface area contributed by atoms with Crippen molar-refractivity contribution in [3.05, 3.63) is 57.8 Å². The lowest BCUT2D eigenvalue weighted by Crippen LogP contribution is -2.53. The number of rotatable bonds is 6. The number of nitrogens with one attached hydrogen (secondary N) is 3. The molecule has 2 aromatic rings. The summed E-state index contributed by atoms with van der Waals surface area (Å²) in [4.78, 5) is 26.4. The van der Waals surface area contributed by atoms with Crippen LogP contribution in [0, 0.1) is 11.3 Å². The fourth-order valence-corrected chi connectivity index (χ4v) is 4.13. The molecule has 2 amide bonds. The van der Waals surface area contributed by atoms with Gasteiger partial charge in [-0.1, -0.05) is 30.3 Å². The van der Waals surface area contributed by atoms with Gasteiger partial charge in [-0.15, -0.1) is 11.3 Å². The van der Waals surface area contributed by atoms with Crippen LogP contribution in [0.2, 0.25) is 0 Å². The summed E-state index contributed by atoms with van der Waals surface area (Å²) in [5.74, 6) is -0.0441. The molecular formula is C21H24N4O2S. The minimum Gasteiger partial charge on any atom is -0.349 e. The van der Waals surface area contributed by atoms with Gasteiger partial charge in [0, 0.05) is 4.88 Å². The number of carbonyl (C=O) groups excluding carboxylic acids is 2.